The number of thiocarbonyl (C=S) groups is 1. The third-order valence-electron chi connectivity index (χ3n) is 4.00. The van der Waals surface area contributed by atoms with Gasteiger partial charge in [0, 0.05) is 29.8 Å². The van der Waals surface area contributed by atoms with Gasteiger partial charge < -0.3 is 15.4 Å². The number of anilines is 1. The van der Waals surface area contributed by atoms with Crippen molar-refractivity contribution < 1.29 is 9.66 Å². The number of para-hydroxylation sites is 1. The number of nitrogens with one attached hydrogen (secondary N) is 2. The van der Waals surface area contributed by atoms with E-state index in [0.717, 1.165) is 17.7 Å². The number of benzene rings is 2. The van der Waals surface area contributed by atoms with E-state index < -0.39 is 4.92 Å². The minimum atomic E-state index is -0.432. The minimum Gasteiger partial charge on any atom is -0.487 e. The molecule has 130 valence electrons. The van der Waals surface area contributed by atoms with E-state index in [0.29, 0.717) is 10.8 Å². The molecule has 0 saturated heterocycles. The van der Waals surface area contributed by atoms with Crippen LogP contribution in [0.4, 0.5) is 11.4 Å². The van der Waals surface area contributed by atoms with Crippen molar-refractivity contribution in [1.29, 1.82) is 0 Å². The molecule has 1 unspecified atom stereocenters. The number of fused-ring (bicyclic) bond motifs is 1. The Morgan fingerprint density at radius 2 is 2.04 bits per heavy atom. The highest BCUT2D eigenvalue weighted by Gasteiger charge is 2.33. The van der Waals surface area contributed by atoms with Crippen molar-refractivity contribution in [3.05, 3.63) is 64.2 Å². The quantitative estimate of drug-likeness (QED) is 0.487. The molecule has 1 heterocycles. The van der Waals surface area contributed by atoms with Crippen LogP contribution in [0.15, 0.2) is 48.5 Å². The predicted molar refractivity (Wildman–Crippen MR) is 101 cm³/mol. The monoisotopic (exact) mass is 357 g/mol. The molecular formula is C18H19N3O3S. The van der Waals surface area contributed by atoms with Crippen molar-refractivity contribution in [3.63, 3.8) is 0 Å². The zero-order chi connectivity index (χ0) is 18.0. The van der Waals surface area contributed by atoms with Crippen molar-refractivity contribution in [2.75, 3.05) is 5.32 Å². The van der Waals surface area contributed by atoms with E-state index in [1.54, 1.807) is 12.1 Å². The van der Waals surface area contributed by atoms with Gasteiger partial charge in [0.05, 0.1) is 11.0 Å². The van der Waals surface area contributed by atoms with Crippen LogP contribution in [0, 0.1) is 10.1 Å². The molecule has 2 N–H and O–H groups in total. The maximum atomic E-state index is 10.9. The summed E-state index contributed by atoms with van der Waals surface area (Å²) in [6.07, 6.45) is 0.751. The summed E-state index contributed by atoms with van der Waals surface area (Å²) in [6, 6.07) is 14.1. The highest BCUT2D eigenvalue weighted by molar-refractivity contribution is 7.80. The van der Waals surface area contributed by atoms with Gasteiger partial charge in [-0.1, -0.05) is 24.3 Å². The lowest BCUT2D eigenvalue weighted by Crippen LogP contribution is -2.42. The average Bonchev–Trinajstić information content (AvgIpc) is 2.54. The molecule has 6 nitrogen and oxygen atoms in total. The van der Waals surface area contributed by atoms with Gasteiger partial charge in [-0.25, -0.2) is 0 Å². The molecule has 7 heteroatoms. The first-order chi connectivity index (χ1) is 11.8. The van der Waals surface area contributed by atoms with Gasteiger partial charge in [0.1, 0.15) is 11.4 Å². The van der Waals surface area contributed by atoms with Gasteiger partial charge in [0.25, 0.3) is 5.69 Å². The molecule has 1 aliphatic heterocycles. The molecule has 0 saturated carbocycles. The van der Waals surface area contributed by atoms with E-state index in [9.17, 15) is 10.1 Å². The first-order valence-electron chi connectivity index (χ1n) is 7.94. The van der Waals surface area contributed by atoms with E-state index in [1.807, 2.05) is 38.1 Å². The predicted octanol–water partition coefficient (Wildman–Crippen LogP) is 4.18. The summed E-state index contributed by atoms with van der Waals surface area (Å²) in [6.45, 7) is 4.07. The lowest BCUT2D eigenvalue weighted by atomic mass is 9.90. The molecule has 0 amide bonds. The van der Waals surface area contributed by atoms with Crippen LogP contribution in [0.2, 0.25) is 0 Å². The molecule has 1 atom stereocenters. The lowest BCUT2D eigenvalue weighted by Gasteiger charge is -2.38. The van der Waals surface area contributed by atoms with Crippen LogP contribution in [0.1, 0.15) is 31.9 Å². The summed E-state index contributed by atoms with van der Waals surface area (Å²) in [4.78, 5) is 10.4. The Morgan fingerprint density at radius 1 is 1.28 bits per heavy atom. The normalized spacial score (nSPS) is 17.8. The molecule has 0 fully saturated rings. The van der Waals surface area contributed by atoms with Crippen molar-refractivity contribution in [3.8, 4) is 5.75 Å². The van der Waals surface area contributed by atoms with E-state index in [4.69, 9.17) is 17.0 Å². The highest BCUT2D eigenvalue weighted by atomic mass is 32.1. The lowest BCUT2D eigenvalue weighted by molar-refractivity contribution is -0.384. The second-order valence-electron chi connectivity index (χ2n) is 6.56. The Hall–Kier alpha value is -2.67. The fourth-order valence-electron chi connectivity index (χ4n) is 2.95. The number of nitro benzene ring substituents is 1. The van der Waals surface area contributed by atoms with Crippen molar-refractivity contribution >= 4 is 28.7 Å². The van der Waals surface area contributed by atoms with Gasteiger partial charge in [0.2, 0.25) is 0 Å². The molecule has 3 rings (SSSR count). The second-order valence-corrected chi connectivity index (χ2v) is 6.97. The van der Waals surface area contributed by atoms with Crippen LogP contribution in [0.5, 0.6) is 5.75 Å². The zero-order valence-corrected chi connectivity index (χ0v) is 14.8. The van der Waals surface area contributed by atoms with Crippen molar-refractivity contribution in [2.45, 2.75) is 31.9 Å². The van der Waals surface area contributed by atoms with Crippen LogP contribution in [-0.4, -0.2) is 15.6 Å². The Kier molecular flexibility index (Phi) is 4.59. The fraction of sp³-hybridized carbons (Fsp3) is 0.278. The summed E-state index contributed by atoms with van der Waals surface area (Å²) in [5.74, 6) is 0.842. The molecular weight excluding hydrogens is 338 g/mol. The van der Waals surface area contributed by atoms with Crippen LogP contribution in [0.3, 0.4) is 0 Å². The summed E-state index contributed by atoms with van der Waals surface area (Å²) in [7, 11) is 0. The summed E-state index contributed by atoms with van der Waals surface area (Å²) in [5, 5.41) is 17.6. The molecule has 2 aromatic carbocycles. The number of non-ortho nitro benzene ring substituents is 1. The van der Waals surface area contributed by atoms with Crippen molar-refractivity contribution in [1.82, 2.24) is 5.32 Å². The minimum absolute atomic E-state index is 0.00125. The Bertz CT molecular complexity index is 823. The molecule has 2 aromatic rings. The number of nitro groups is 1. The molecule has 0 radical (unpaired) electrons. The zero-order valence-electron chi connectivity index (χ0n) is 14.0. The smallest absolute Gasteiger partial charge is 0.271 e. The van der Waals surface area contributed by atoms with E-state index in [2.05, 4.69) is 10.6 Å². The number of ether oxygens (including phenoxy) is 1. The molecule has 25 heavy (non-hydrogen) atoms. The third kappa shape index (κ3) is 4.06. The second kappa shape index (κ2) is 6.68. The SMILES string of the molecule is CC1(C)CC(NC(=S)Nc2cccc([N+](=O)[O-])c2)c2ccccc2O1. The number of hydrogen-bond donors (Lipinski definition) is 2. The number of hydrogen-bond acceptors (Lipinski definition) is 4. The first-order valence-corrected chi connectivity index (χ1v) is 8.35. The van der Waals surface area contributed by atoms with Crippen LogP contribution in [0.25, 0.3) is 0 Å². The standard InChI is InChI=1S/C18H19N3O3S/c1-18(2)11-15(14-8-3-4-9-16(14)24-18)20-17(25)19-12-6-5-7-13(10-12)21(22)23/h3-10,15H,11H2,1-2H3,(H2,19,20,25). The van der Waals surface area contributed by atoms with Crippen LogP contribution >= 0.6 is 12.2 Å². The number of nitrogens with zero attached hydrogens (tertiary/aromatic N) is 1. The Balaban J connectivity index is 1.75. The third-order valence-corrected chi connectivity index (χ3v) is 4.22. The van der Waals surface area contributed by atoms with E-state index in [1.165, 1.54) is 12.1 Å². The Morgan fingerprint density at radius 3 is 2.80 bits per heavy atom. The topological polar surface area (TPSA) is 76.4 Å². The van der Waals surface area contributed by atoms with Gasteiger partial charge in [-0.05, 0) is 38.2 Å². The molecule has 0 aliphatic carbocycles. The van der Waals surface area contributed by atoms with Gasteiger partial charge in [-0.2, -0.15) is 0 Å². The van der Waals surface area contributed by atoms with Gasteiger partial charge >= 0.3 is 0 Å². The largest absolute Gasteiger partial charge is 0.487 e. The van der Waals surface area contributed by atoms with Crippen LogP contribution in [-0.2, 0) is 0 Å². The summed E-state index contributed by atoms with van der Waals surface area (Å²) >= 11 is 5.40. The maximum Gasteiger partial charge on any atom is 0.271 e. The maximum absolute atomic E-state index is 10.9. The summed E-state index contributed by atoms with van der Waals surface area (Å²) < 4.78 is 6.01. The molecule has 0 bridgehead atoms. The van der Waals surface area contributed by atoms with Crippen LogP contribution < -0.4 is 15.4 Å². The molecule has 0 aromatic heterocycles. The average molecular weight is 357 g/mol. The van der Waals surface area contributed by atoms with Gasteiger partial charge in [0.15, 0.2) is 5.11 Å². The fourth-order valence-corrected chi connectivity index (χ4v) is 3.21. The Labute approximate surface area is 151 Å². The van der Waals surface area contributed by atoms with Gasteiger partial charge in [-0.15, -0.1) is 0 Å². The summed E-state index contributed by atoms with van der Waals surface area (Å²) in [5.41, 5.74) is 1.33. The van der Waals surface area contributed by atoms with E-state index in [-0.39, 0.29) is 17.3 Å². The number of rotatable bonds is 3. The van der Waals surface area contributed by atoms with E-state index >= 15 is 0 Å². The first kappa shape index (κ1) is 17.2. The highest BCUT2D eigenvalue weighted by Crippen LogP contribution is 2.39. The van der Waals surface area contributed by atoms with Gasteiger partial charge in [-0.3, -0.25) is 10.1 Å². The van der Waals surface area contributed by atoms with Crippen molar-refractivity contribution in [2.24, 2.45) is 0 Å². The molecule has 1 aliphatic rings. The molecule has 0 spiro atoms.